The van der Waals surface area contributed by atoms with Gasteiger partial charge in [-0.2, -0.15) is 17.9 Å². The van der Waals surface area contributed by atoms with Crippen LogP contribution < -0.4 is 14.8 Å². The third-order valence-corrected chi connectivity index (χ3v) is 5.84. The molecular formula is C22H22F4N2O5. The second-order valence-corrected chi connectivity index (χ2v) is 8.29. The van der Waals surface area contributed by atoms with Crippen LogP contribution in [0.25, 0.3) is 0 Å². The van der Waals surface area contributed by atoms with Crippen LogP contribution in [0.5, 0.6) is 5.75 Å². The first-order chi connectivity index (χ1) is 15.3. The zero-order valence-electron chi connectivity index (χ0n) is 18.2. The molecule has 0 radical (unpaired) electrons. The van der Waals surface area contributed by atoms with Crippen LogP contribution in [0, 0.1) is 22.8 Å². The maximum absolute atomic E-state index is 14.4. The number of aromatic nitrogens is 1. The highest BCUT2D eigenvalue weighted by Crippen LogP contribution is 2.49. The molecule has 0 bridgehead atoms. The van der Waals surface area contributed by atoms with E-state index in [1.54, 1.807) is 20.8 Å². The monoisotopic (exact) mass is 470 g/mol. The van der Waals surface area contributed by atoms with E-state index in [4.69, 9.17) is 4.74 Å². The summed E-state index contributed by atoms with van der Waals surface area (Å²) in [5.74, 6) is -6.72. The molecule has 0 saturated carbocycles. The fourth-order valence-corrected chi connectivity index (χ4v) is 3.91. The molecule has 1 saturated heterocycles. The van der Waals surface area contributed by atoms with Crippen LogP contribution in [-0.2, 0) is 9.53 Å². The van der Waals surface area contributed by atoms with Gasteiger partial charge < -0.3 is 20.0 Å². The summed E-state index contributed by atoms with van der Waals surface area (Å²) < 4.78 is 64.6. The number of hydrogen-bond donors (Lipinski definition) is 1. The average Bonchev–Trinajstić information content (AvgIpc) is 2.96. The molecule has 1 fully saturated rings. The lowest BCUT2D eigenvalue weighted by Gasteiger charge is -2.26. The van der Waals surface area contributed by atoms with Crippen LogP contribution in [0.1, 0.15) is 49.7 Å². The Bertz CT molecular complexity index is 1090. The minimum absolute atomic E-state index is 0.117. The predicted octanol–water partition coefficient (Wildman–Crippen LogP) is 3.94. The number of carbonyl (C=O) groups is 2. The van der Waals surface area contributed by atoms with Crippen LogP contribution in [0.15, 0.2) is 30.5 Å². The van der Waals surface area contributed by atoms with Crippen molar-refractivity contribution >= 4 is 17.4 Å². The zero-order chi connectivity index (χ0) is 24.7. The SMILES string of the molecule is CC(=O)c1cc(NC(=O)[C@H]2OC(C)(C)[C@H](C)[C@@H]2c2ccc(F)c(F)c2OC(F)F)cc[n+]1[O-]. The Morgan fingerprint density at radius 3 is 2.52 bits per heavy atom. The summed E-state index contributed by atoms with van der Waals surface area (Å²) in [5.41, 5.74) is -1.19. The lowest BCUT2D eigenvalue weighted by atomic mass is 9.78. The normalized spacial score (nSPS) is 21.8. The van der Waals surface area contributed by atoms with Crippen LogP contribution in [0.3, 0.4) is 0 Å². The van der Waals surface area contributed by atoms with Crippen molar-refractivity contribution < 1.29 is 41.4 Å². The van der Waals surface area contributed by atoms with Crippen molar-refractivity contribution in [2.24, 2.45) is 5.92 Å². The number of rotatable bonds is 6. The van der Waals surface area contributed by atoms with Gasteiger partial charge in [-0.3, -0.25) is 9.59 Å². The third-order valence-electron chi connectivity index (χ3n) is 5.84. The average molecular weight is 470 g/mol. The zero-order valence-corrected chi connectivity index (χ0v) is 18.2. The smallest absolute Gasteiger partial charge is 0.387 e. The van der Waals surface area contributed by atoms with Gasteiger partial charge in [0, 0.05) is 30.5 Å². The van der Waals surface area contributed by atoms with Crippen molar-refractivity contribution in [1.29, 1.82) is 0 Å². The Balaban J connectivity index is 2.02. The van der Waals surface area contributed by atoms with Crippen molar-refractivity contribution in [2.75, 3.05) is 5.32 Å². The van der Waals surface area contributed by atoms with Gasteiger partial charge in [0.05, 0.1) is 11.3 Å². The molecule has 11 heteroatoms. The fraction of sp³-hybridized carbons (Fsp3) is 0.409. The number of amides is 1. The molecule has 1 aromatic carbocycles. The summed E-state index contributed by atoms with van der Waals surface area (Å²) in [6, 6.07) is 4.28. The summed E-state index contributed by atoms with van der Waals surface area (Å²) in [7, 11) is 0. The number of halogens is 4. The van der Waals surface area contributed by atoms with E-state index < -0.39 is 59.2 Å². The molecule has 2 aromatic rings. The lowest BCUT2D eigenvalue weighted by Crippen LogP contribution is -2.35. The van der Waals surface area contributed by atoms with E-state index in [2.05, 4.69) is 10.1 Å². The van der Waals surface area contributed by atoms with Crippen LogP contribution in [0.2, 0.25) is 0 Å². The first kappa shape index (κ1) is 24.4. The Kier molecular flexibility index (Phi) is 6.64. The molecule has 1 aromatic heterocycles. The van der Waals surface area contributed by atoms with E-state index in [-0.39, 0.29) is 16.9 Å². The van der Waals surface area contributed by atoms with Gasteiger partial charge in [0.15, 0.2) is 17.8 Å². The maximum atomic E-state index is 14.4. The first-order valence-corrected chi connectivity index (χ1v) is 9.99. The van der Waals surface area contributed by atoms with E-state index in [1.807, 2.05) is 0 Å². The standard InChI is InChI=1S/C22H22F4N2O5/c1-10-16(13-5-6-14(23)17(24)18(13)32-21(25)26)19(33-22(10,3)4)20(30)27-12-7-8-28(31)15(9-12)11(2)29/h5-10,16,19,21H,1-4H3,(H,27,30)/t10-,16-,19+/m1/s1. The van der Waals surface area contributed by atoms with Crippen molar-refractivity contribution in [2.45, 2.75) is 51.9 Å². The Hall–Kier alpha value is -3.21. The lowest BCUT2D eigenvalue weighted by molar-refractivity contribution is -0.607. The molecule has 1 amide bonds. The van der Waals surface area contributed by atoms with Gasteiger partial charge in [-0.1, -0.05) is 13.0 Å². The van der Waals surface area contributed by atoms with Gasteiger partial charge in [0.1, 0.15) is 6.10 Å². The van der Waals surface area contributed by atoms with E-state index in [0.717, 1.165) is 18.3 Å². The van der Waals surface area contributed by atoms with Gasteiger partial charge in [0.2, 0.25) is 11.6 Å². The van der Waals surface area contributed by atoms with Gasteiger partial charge in [0.25, 0.3) is 11.6 Å². The molecule has 1 N–H and O–H groups in total. The Morgan fingerprint density at radius 1 is 1.24 bits per heavy atom. The number of carbonyl (C=O) groups excluding carboxylic acids is 2. The van der Waals surface area contributed by atoms with Gasteiger partial charge in [-0.15, -0.1) is 0 Å². The molecule has 3 rings (SSSR count). The van der Waals surface area contributed by atoms with E-state index >= 15 is 0 Å². The van der Waals surface area contributed by atoms with Crippen molar-refractivity contribution in [3.8, 4) is 5.75 Å². The molecule has 2 heterocycles. The highest BCUT2D eigenvalue weighted by atomic mass is 19.3. The molecule has 0 spiro atoms. The quantitative estimate of drug-likeness (QED) is 0.299. The molecule has 1 aliphatic rings. The second-order valence-electron chi connectivity index (χ2n) is 8.29. The number of nitrogens with one attached hydrogen (secondary N) is 1. The Morgan fingerprint density at radius 2 is 1.91 bits per heavy atom. The number of anilines is 1. The van der Waals surface area contributed by atoms with E-state index in [0.29, 0.717) is 4.73 Å². The molecular weight excluding hydrogens is 448 g/mol. The number of alkyl halides is 2. The van der Waals surface area contributed by atoms with Crippen LogP contribution in [0.4, 0.5) is 23.2 Å². The molecule has 178 valence electrons. The predicted molar refractivity (Wildman–Crippen MR) is 108 cm³/mol. The molecule has 0 aliphatic carbocycles. The summed E-state index contributed by atoms with van der Waals surface area (Å²) in [4.78, 5) is 24.7. The van der Waals surface area contributed by atoms with E-state index in [1.165, 1.54) is 19.1 Å². The van der Waals surface area contributed by atoms with Crippen LogP contribution in [-0.4, -0.2) is 30.0 Å². The molecule has 0 unspecified atom stereocenters. The van der Waals surface area contributed by atoms with Gasteiger partial charge >= 0.3 is 6.61 Å². The van der Waals surface area contributed by atoms with Crippen molar-refractivity contribution in [3.63, 3.8) is 0 Å². The highest BCUT2D eigenvalue weighted by molar-refractivity contribution is 5.97. The minimum atomic E-state index is -3.42. The second kappa shape index (κ2) is 8.97. The number of nitrogens with zero attached hydrogens (tertiary/aromatic N) is 1. The van der Waals surface area contributed by atoms with Gasteiger partial charge in [-0.25, -0.2) is 4.39 Å². The molecule has 33 heavy (non-hydrogen) atoms. The number of ketones is 1. The molecule has 1 aliphatic heterocycles. The summed E-state index contributed by atoms with van der Waals surface area (Å²) in [6.07, 6.45) is -0.268. The number of benzene rings is 1. The number of pyridine rings is 1. The summed E-state index contributed by atoms with van der Waals surface area (Å²) in [5, 5.41) is 14.2. The third kappa shape index (κ3) is 4.77. The Labute approximate surface area is 186 Å². The molecule has 3 atom stereocenters. The van der Waals surface area contributed by atoms with Crippen molar-refractivity contribution in [1.82, 2.24) is 0 Å². The summed E-state index contributed by atoms with van der Waals surface area (Å²) in [6.45, 7) is 2.78. The number of Topliss-reactive ketones (excluding diaryl/α,β-unsaturated/α-hetero) is 1. The topological polar surface area (TPSA) is 91.6 Å². The maximum Gasteiger partial charge on any atom is 0.387 e. The highest BCUT2D eigenvalue weighted by Gasteiger charge is 2.52. The number of ether oxygens (including phenoxy) is 2. The van der Waals surface area contributed by atoms with E-state index in [9.17, 15) is 32.4 Å². The fourth-order valence-electron chi connectivity index (χ4n) is 3.91. The first-order valence-electron chi connectivity index (χ1n) is 9.99. The van der Waals surface area contributed by atoms with Crippen LogP contribution >= 0.6 is 0 Å². The largest absolute Gasteiger partial charge is 0.618 e. The van der Waals surface area contributed by atoms with Gasteiger partial charge in [-0.05, 0) is 25.8 Å². The number of hydrogen-bond acceptors (Lipinski definition) is 5. The molecule has 7 nitrogen and oxygen atoms in total. The minimum Gasteiger partial charge on any atom is -0.618 e. The summed E-state index contributed by atoms with van der Waals surface area (Å²) >= 11 is 0. The van der Waals surface area contributed by atoms with Crippen molar-refractivity contribution in [3.05, 3.63) is 58.6 Å².